The highest BCUT2D eigenvalue weighted by atomic mass is 16.1. The van der Waals surface area contributed by atoms with E-state index in [-0.39, 0.29) is 0 Å². The van der Waals surface area contributed by atoms with Gasteiger partial charge in [-0.25, -0.2) is 0 Å². The Balaban J connectivity index is 2.95. The van der Waals surface area contributed by atoms with Gasteiger partial charge >= 0.3 is 0 Å². The number of carbonyl (C=O) groups excluding carboxylic acids is 2. The monoisotopic (exact) mass is 218 g/mol. The smallest absolute Gasteiger partial charge is 0.211 e. The molecule has 16 heavy (non-hydrogen) atoms. The van der Waals surface area contributed by atoms with E-state index in [1.165, 1.54) is 0 Å². The molecule has 0 saturated heterocycles. The minimum absolute atomic E-state index is 0.600. The van der Waals surface area contributed by atoms with Crippen molar-refractivity contribution in [3.05, 3.63) is 36.0 Å². The van der Waals surface area contributed by atoms with Gasteiger partial charge in [0.15, 0.2) is 6.29 Å². The van der Waals surface area contributed by atoms with Crippen LogP contribution in [0.15, 0.2) is 30.5 Å². The van der Waals surface area contributed by atoms with Crippen LogP contribution in [0.5, 0.6) is 0 Å². The number of allylic oxidation sites excluding steroid dienone is 1. The molecular weight excluding hydrogens is 204 g/mol. The molecule has 1 amide bonds. The van der Waals surface area contributed by atoms with E-state index < -0.39 is 0 Å². The summed E-state index contributed by atoms with van der Waals surface area (Å²) < 4.78 is 0. The minimum atomic E-state index is 0.600. The first kappa shape index (κ1) is 12.0. The Morgan fingerprint density at radius 1 is 1.19 bits per heavy atom. The van der Waals surface area contributed by atoms with Crippen LogP contribution in [0.3, 0.4) is 0 Å². The minimum Gasteiger partial charge on any atom is -0.383 e. The fraction of sp³-hybridized carbons (Fsp3) is 0.167. The summed E-state index contributed by atoms with van der Waals surface area (Å²) in [4.78, 5) is 22.9. The number of hydrogen-bond donors (Lipinski definition) is 1. The third-order valence-corrected chi connectivity index (χ3v) is 1.97. The standard InChI is InChI=1S/C12H14N2O2/c1-14(2)7-11(8-15)10-3-5-12(6-4-10)13-9-16/h3-9H,1-2H3,(H,13,16)/b11-7-. The maximum atomic E-state index is 10.9. The van der Waals surface area contributed by atoms with Crippen molar-refractivity contribution in [2.24, 2.45) is 0 Å². The molecular formula is C12H14N2O2. The quantitative estimate of drug-likeness (QED) is 0.599. The number of carbonyl (C=O) groups is 2. The van der Waals surface area contributed by atoms with Gasteiger partial charge in [-0.15, -0.1) is 0 Å². The summed E-state index contributed by atoms with van der Waals surface area (Å²) in [6.07, 6.45) is 3.17. The van der Waals surface area contributed by atoms with E-state index in [0.29, 0.717) is 17.7 Å². The molecule has 0 spiro atoms. The van der Waals surface area contributed by atoms with Crippen molar-refractivity contribution in [2.75, 3.05) is 19.4 Å². The fourth-order valence-corrected chi connectivity index (χ4v) is 1.28. The Morgan fingerprint density at radius 3 is 2.25 bits per heavy atom. The van der Waals surface area contributed by atoms with Gasteiger partial charge in [-0.1, -0.05) is 12.1 Å². The Bertz CT molecular complexity index is 394. The number of benzene rings is 1. The molecule has 1 aromatic rings. The molecule has 4 nitrogen and oxygen atoms in total. The SMILES string of the molecule is CN(C)/C=C(/C=O)c1ccc(NC=O)cc1. The van der Waals surface area contributed by atoms with E-state index in [1.54, 1.807) is 35.4 Å². The summed E-state index contributed by atoms with van der Waals surface area (Å²) >= 11 is 0. The average Bonchev–Trinajstić information content (AvgIpc) is 2.27. The Morgan fingerprint density at radius 2 is 1.81 bits per heavy atom. The van der Waals surface area contributed by atoms with Crippen LogP contribution in [0.2, 0.25) is 0 Å². The highest BCUT2D eigenvalue weighted by Crippen LogP contribution is 2.15. The van der Waals surface area contributed by atoms with Crippen LogP contribution in [-0.2, 0) is 9.59 Å². The number of anilines is 1. The van der Waals surface area contributed by atoms with Crippen molar-refractivity contribution >= 4 is 24.0 Å². The van der Waals surface area contributed by atoms with Gasteiger partial charge in [0.2, 0.25) is 6.41 Å². The molecule has 0 unspecified atom stereocenters. The maximum absolute atomic E-state index is 10.9. The fourth-order valence-electron chi connectivity index (χ4n) is 1.28. The molecule has 0 saturated carbocycles. The average molecular weight is 218 g/mol. The summed E-state index contributed by atoms with van der Waals surface area (Å²) in [6, 6.07) is 7.07. The lowest BCUT2D eigenvalue weighted by Gasteiger charge is -2.08. The van der Waals surface area contributed by atoms with Crippen molar-refractivity contribution in [1.82, 2.24) is 4.90 Å². The molecule has 0 fully saturated rings. The van der Waals surface area contributed by atoms with Gasteiger partial charge in [0.05, 0.1) is 0 Å². The van der Waals surface area contributed by atoms with Gasteiger partial charge in [0.1, 0.15) is 0 Å². The molecule has 0 aliphatic heterocycles. The molecule has 0 radical (unpaired) electrons. The predicted molar refractivity (Wildman–Crippen MR) is 63.9 cm³/mol. The number of amides is 1. The first-order valence-electron chi connectivity index (χ1n) is 4.81. The highest BCUT2D eigenvalue weighted by Gasteiger charge is 2.00. The molecule has 1 N–H and O–H groups in total. The number of aldehydes is 1. The van der Waals surface area contributed by atoms with Crippen LogP contribution in [0.1, 0.15) is 5.56 Å². The van der Waals surface area contributed by atoms with E-state index in [1.807, 2.05) is 14.1 Å². The van der Waals surface area contributed by atoms with Crippen LogP contribution in [0.4, 0.5) is 5.69 Å². The third kappa shape index (κ3) is 3.24. The van der Waals surface area contributed by atoms with Crippen molar-refractivity contribution in [3.63, 3.8) is 0 Å². The lowest BCUT2D eigenvalue weighted by Crippen LogP contribution is -2.03. The second-order valence-corrected chi connectivity index (χ2v) is 3.51. The van der Waals surface area contributed by atoms with Crippen LogP contribution in [-0.4, -0.2) is 31.7 Å². The van der Waals surface area contributed by atoms with Crippen molar-refractivity contribution in [2.45, 2.75) is 0 Å². The maximum Gasteiger partial charge on any atom is 0.211 e. The third-order valence-electron chi connectivity index (χ3n) is 1.97. The highest BCUT2D eigenvalue weighted by molar-refractivity contribution is 6.06. The Hall–Kier alpha value is -2.10. The van der Waals surface area contributed by atoms with Gasteiger partial charge in [-0.3, -0.25) is 9.59 Å². The van der Waals surface area contributed by atoms with Crippen LogP contribution in [0, 0.1) is 0 Å². The molecule has 1 aromatic carbocycles. The Labute approximate surface area is 94.6 Å². The molecule has 1 rings (SSSR count). The number of nitrogens with one attached hydrogen (secondary N) is 1. The van der Waals surface area contributed by atoms with Gasteiger partial charge in [-0.05, 0) is 17.7 Å². The Kier molecular flexibility index (Phi) is 4.27. The van der Waals surface area contributed by atoms with E-state index in [2.05, 4.69) is 5.32 Å². The summed E-state index contributed by atoms with van der Waals surface area (Å²) in [5.74, 6) is 0. The zero-order chi connectivity index (χ0) is 12.0. The van der Waals surface area contributed by atoms with Crippen molar-refractivity contribution in [1.29, 1.82) is 0 Å². The molecule has 84 valence electrons. The molecule has 0 heterocycles. The van der Waals surface area contributed by atoms with Gasteiger partial charge in [-0.2, -0.15) is 0 Å². The van der Waals surface area contributed by atoms with Crippen LogP contribution >= 0.6 is 0 Å². The molecule has 0 aliphatic carbocycles. The van der Waals surface area contributed by atoms with Crippen LogP contribution < -0.4 is 5.32 Å². The van der Waals surface area contributed by atoms with Gasteiger partial charge < -0.3 is 10.2 Å². The lowest BCUT2D eigenvalue weighted by molar-refractivity contribution is -0.105. The van der Waals surface area contributed by atoms with Crippen LogP contribution in [0.25, 0.3) is 5.57 Å². The van der Waals surface area contributed by atoms with Gasteiger partial charge in [0, 0.05) is 31.6 Å². The predicted octanol–water partition coefficient (Wildman–Crippen LogP) is 1.36. The second-order valence-electron chi connectivity index (χ2n) is 3.51. The zero-order valence-electron chi connectivity index (χ0n) is 9.31. The molecule has 0 atom stereocenters. The first-order valence-corrected chi connectivity index (χ1v) is 4.81. The molecule has 0 aromatic heterocycles. The van der Waals surface area contributed by atoms with Crippen molar-refractivity contribution in [3.8, 4) is 0 Å². The number of rotatable bonds is 5. The number of nitrogens with zero attached hydrogens (tertiary/aromatic N) is 1. The molecule has 0 aliphatic rings. The topological polar surface area (TPSA) is 49.4 Å². The normalized spacial score (nSPS) is 10.8. The first-order chi connectivity index (χ1) is 7.67. The number of hydrogen-bond acceptors (Lipinski definition) is 3. The second kappa shape index (κ2) is 5.70. The molecule has 0 bridgehead atoms. The van der Waals surface area contributed by atoms with E-state index in [9.17, 15) is 9.59 Å². The zero-order valence-corrected chi connectivity index (χ0v) is 9.31. The largest absolute Gasteiger partial charge is 0.383 e. The van der Waals surface area contributed by atoms with Gasteiger partial charge in [0.25, 0.3) is 0 Å². The summed E-state index contributed by atoms with van der Waals surface area (Å²) in [7, 11) is 3.71. The van der Waals surface area contributed by atoms with Crippen molar-refractivity contribution < 1.29 is 9.59 Å². The van der Waals surface area contributed by atoms with E-state index in [4.69, 9.17) is 0 Å². The summed E-state index contributed by atoms with van der Waals surface area (Å²) in [5, 5.41) is 2.53. The summed E-state index contributed by atoms with van der Waals surface area (Å²) in [5.41, 5.74) is 2.12. The summed E-state index contributed by atoms with van der Waals surface area (Å²) in [6.45, 7) is 0. The van der Waals surface area contributed by atoms with E-state index in [0.717, 1.165) is 11.8 Å². The van der Waals surface area contributed by atoms with E-state index >= 15 is 0 Å². The lowest BCUT2D eigenvalue weighted by atomic mass is 10.1. The molecule has 4 heteroatoms.